The van der Waals surface area contributed by atoms with Crippen molar-refractivity contribution in [2.45, 2.75) is 56.0 Å². The second-order valence-corrected chi connectivity index (χ2v) is 10.4. The molecule has 1 aliphatic carbocycles. The molecule has 2 atom stereocenters. The summed E-state index contributed by atoms with van der Waals surface area (Å²) in [4.78, 5) is 50.8. The van der Waals surface area contributed by atoms with Gasteiger partial charge in [-0.05, 0) is 54.8 Å². The van der Waals surface area contributed by atoms with Gasteiger partial charge < -0.3 is 20.8 Å². The molecule has 1 unspecified atom stereocenters. The number of nitrogens with zero attached hydrogens (tertiary/aromatic N) is 3. The first-order valence-corrected chi connectivity index (χ1v) is 13.0. The maximum Gasteiger partial charge on any atom is 0.416 e. The molecule has 4 N–H and O–H groups in total. The van der Waals surface area contributed by atoms with Crippen molar-refractivity contribution in [2.75, 3.05) is 0 Å². The highest BCUT2D eigenvalue weighted by Gasteiger charge is 2.52. The van der Waals surface area contributed by atoms with Gasteiger partial charge in [0, 0.05) is 10.6 Å². The molecule has 0 spiro atoms. The number of amides is 2. The Balaban J connectivity index is 1.67. The Kier molecular flexibility index (Phi) is 8.84. The van der Waals surface area contributed by atoms with Crippen LogP contribution in [0.5, 0.6) is 0 Å². The number of aliphatic hydroxyl groups excluding tert-OH is 1. The molecule has 18 heteroatoms. The lowest BCUT2D eigenvalue weighted by atomic mass is 10.0. The van der Waals surface area contributed by atoms with Gasteiger partial charge in [-0.3, -0.25) is 14.2 Å². The predicted molar refractivity (Wildman–Crippen MR) is 139 cm³/mol. The lowest BCUT2D eigenvalue weighted by Crippen LogP contribution is -2.49. The Morgan fingerprint density at radius 2 is 1.68 bits per heavy atom. The van der Waals surface area contributed by atoms with Gasteiger partial charge in [0.25, 0.3) is 0 Å². The molecular weight excluding hydrogens is 628 g/mol. The van der Waals surface area contributed by atoms with Gasteiger partial charge in [-0.15, -0.1) is 5.10 Å². The molecule has 1 aromatic heterocycles. The molecule has 0 aliphatic heterocycles. The molecule has 1 aliphatic rings. The van der Waals surface area contributed by atoms with E-state index in [0.717, 1.165) is 12.1 Å². The van der Waals surface area contributed by atoms with Crippen LogP contribution in [-0.4, -0.2) is 60.2 Å². The molecule has 236 valence electrons. The molecule has 44 heavy (non-hydrogen) atoms. The fraction of sp³-hybridized carbons (Fsp3) is 0.346. The van der Waals surface area contributed by atoms with Crippen molar-refractivity contribution in [3.05, 3.63) is 75.2 Å². The van der Waals surface area contributed by atoms with Crippen molar-refractivity contribution in [1.82, 2.24) is 25.0 Å². The molecule has 4 rings (SSSR count). The Bertz CT molecular complexity index is 1630. The van der Waals surface area contributed by atoms with Crippen molar-refractivity contribution in [2.24, 2.45) is 0 Å². The zero-order valence-corrected chi connectivity index (χ0v) is 22.9. The van der Waals surface area contributed by atoms with Crippen LogP contribution in [0.25, 0.3) is 11.4 Å². The molecule has 3 aromatic rings. The number of carbonyl (C=O) groups excluding carboxylic acids is 2. The number of nitrogens with one attached hydrogen (secondary N) is 2. The second kappa shape index (κ2) is 12.0. The minimum atomic E-state index is -5.11. The van der Waals surface area contributed by atoms with Crippen molar-refractivity contribution in [1.29, 1.82) is 0 Å². The molecule has 0 bridgehead atoms. The number of hydrogen-bond donors (Lipinski definition) is 4. The molecule has 1 fully saturated rings. The molecule has 0 saturated heterocycles. The summed E-state index contributed by atoms with van der Waals surface area (Å²) in [5.74, 6) is -4.13. The van der Waals surface area contributed by atoms with E-state index >= 15 is 0 Å². The predicted octanol–water partition coefficient (Wildman–Crippen LogP) is 2.90. The van der Waals surface area contributed by atoms with Crippen LogP contribution in [-0.2, 0) is 33.6 Å². The molecular formula is C26H22ClF6N5O6. The highest BCUT2D eigenvalue weighted by atomic mass is 35.5. The van der Waals surface area contributed by atoms with E-state index in [0.29, 0.717) is 21.4 Å². The minimum absolute atomic E-state index is 0.0292. The fourth-order valence-electron chi connectivity index (χ4n) is 4.16. The number of benzene rings is 2. The van der Waals surface area contributed by atoms with Crippen molar-refractivity contribution in [3.63, 3.8) is 0 Å². The first kappa shape index (κ1) is 32.5. The van der Waals surface area contributed by atoms with Crippen LogP contribution < -0.4 is 16.3 Å². The average molecular weight is 650 g/mol. The number of aliphatic hydroxyl groups is 1. The highest BCUT2D eigenvalue weighted by Crippen LogP contribution is 2.37. The fourth-order valence-corrected chi connectivity index (χ4v) is 4.29. The van der Waals surface area contributed by atoms with Gasteiger partial charge in [0.2, 0.25) is 11.8 Å². The largest absolute Gasteiger partial charge is 0.480 e. The van der Waals surface area contributed by atoms with Crippen LogP contribution in [0, 0.1) is 0 Å². The van der Waals surface area contributed by atoms with Gasteiger partial charge in [0.1, 0.15) is 18.1 Å². The summed E-state index contributed by atoms with van der Waals surface area (Å²) in [6.45, 7) is -2.32. The zero-order valence-electron chi connectivity index (χ0n) is 22.1. The second-order valence-electron chi connectivity index (χ2n) is 9.94. The third-order valence-corrected chi connectivity index (χ3v) is 6.94. The lowest BCUT2D eigenvalue weighted by molar-refractivity contribution is -0.207. The van der Waals surface area contributed by atoms with Crippen LogP contribution in [0.15, 0.2) is 53.3 Å². The summed E-state index contributed by atoms with van der Waals surface area (Å²) < 4.78 is 80.3. The molecule has 0 radical (unpaired) electrons. The van der Waals surface area contributed by atoms with Gasteiger partial charge in [-0.1, -0.05) is 23.7 Å². The number of carbonyl (C=O) groups is 3. The van der Waals surface area contributed by atoms with Gasteiger partial charge in [0.05, 0.1) is 12.1 Å². The topological polar surface area (TPSA) is 156 Å². The summed E-state index contributed by atoms with van der Waals surface area (Å²) in [5.41, 5.74) is -4.41. The normalized spacial score (nSPS) is 15.7. The van der Waals surface area contributed by atoms with Gasteiger partial charge >= 0.3 is 24.0 Å². The summed E-state index contributed by atoms with van der Waals surface area (Å²) in [6, 6.07) is 6.78. The number of alkyl halides is 6. The first-order valence-electron chi connectivity index (χ1n) is 12.6. The van der Waals surface area contributed by atoms with Crippen LogP contribution in [0.4, 0.5) is 26.3 Å². The third kappa shape index (κ3) is 7.21. The van der Waals surface area contributed by atoms with Crippen molar-refractivity contribution >= 4 is 29.4 Å². The number of halogens is 7. The third-order valence-electron chi connectivity index (χ3n) is 6.69. The first-order chi connectivity index (χ1) is 20.4. The van der Waals surface area contributed by atoms with Crippen LogP contribution >= 0.6 is 11.6 Å². The number of aromatic nitrogens is 3. The van der Waals surface area contributed by atoms with E-state index < -0.39 is 72.2 Å². The molecule has 1 saturated carbocycles. The standard InChI is InChI=1S/C26H22ClF6N5O6/c27-16-6-4-13(5-7-16)20-36-38(23(44)37(20)11-17(39)26(31,32)33)12-18(40)34-19(21(41)35-24(8-9-24)22(42)43)14-2-1-3-15(10-14)25(28,29)30/h1-7,10,17,19,39H,8-9,11-12H2,(H,34,40)(H,35,41)(H,42,43)/t17-,19?/m0/s1. The minimum Gasteiger partial charge on any atom is -0.480 e. The highest BCUT2D eigenvalue weighted by molar-refractivity contribution is 6.30. The van der Waals surface area contributed by atoms with E-state index in [1.54, 1.807) is 0 Å². The van der Waals surface area contributed by atoms with Gasteiger partial charge in [-0.2, -0.15) is 26.3 Å². The van der Waals surface area contributed by atoms with Crippen LogP contribution in [0.2, 0.25) is 5.02 Å². The smallest absolute Gasteiger partial charge is 0.416 e. The quantitative estimate of drug-likeness (QED) is 0.246. The Morgan fingerprint density at radius 1 is 1.05 bits per heavy atom. The van der Waals surface area contributed by atoms with Crippen LogP contribution in [0.3, 0.4) is 0 Å². The van der Waals surface area contributed by atoms with E-state index in [4.69, 9.17) is 11.6 Å². The van der Waals surface area contributed by atoms with E-state index in [1.807, 2.05) is 0 Å². The van der Waals surface area contributed by atoms with Gasteiger partial charge in [-0.25, -0.2) is 14.3 Å². The summed E-state index contributed by atoms with van der Waals surface area (Å²) >= 11 is 5.85. The van der Waals surface area contributed by atoms with E-state index in [-0.39, 0.29) is 34.8 Å². The Labute approximate surface area is 248 Å². The number of hydrogen-bond acceptors (Lipinski definition) is 6. The summed E-state index contributed by atoms with van der Waals surface area (Å²) in [5, 5.41) is 27.5. The summed E-state index contributed by atoms with van der Waals surface area (Å²) in [6.07, 6.45) is -12.9. The number of carboxylic acid groups (broad SMARTS) is 1. The molecule has 2 aromatic carbocycles. The number of rotatable bonds is 10. The monoisotopic (exact) mass is 649 g/mol. The Morgan fingerprint density at radius 3 is 2.23 bits per heavy atom. The van der Waals surface area contributed by atoms with E-state index in [9.17, 15) is 55.7 Å². The molecule has 11 nitrogen and oxygen atoms in total. The Hall–Kier alpha value is -4.38. The van der Waals surface area contributed by atoms with Gasteiger partial charge in [0.15, 0.2) is 11.9 Å². The molecule has 1 heterocycles. The SMILES string of the molecule is O=C(Cn1nc(-c2ccc(Cl)cc2)n(C[C@H](O)C(F)(F)F)c1=O)NC(C(=O)NC1(C(=O)O)CC1)c1cccc(C(F)(F)F)c1. The van der Waals surface area contributed by atoms with Crippen molar-refractivity contribution in [3.8, 4) is 11.4 Å². The zero-order chi connectivity index (χ0) is 32.6. The summed E-state index contributed by atoms with van der Waals surface area (Å²) in [7, 11) is 0. The number of carboxylic acids is 1. The molecule has 2 amide bonds. The van der Waals surface area contributed by atoms with Crippen molar-refractivity contribution < 1.29 is 50.9 Å². The van der Waals surface area contributed by atoms with E-state index in [2.05, 4.69) is 15.7 Å². The maximum absolute atomic E-state index is 13.4. The average Bonchev–Trinajstić information content (AvgIpc) is 3.66. The lowest BCUT2D eigenvalue weighted by Gasteiger charge is -2.22. The maximum atomic E-state index is 13.4. The van der Waals surface area contributed by atoms with E-state index in [1.165, 1.54) is 24.3 Å². The van der Waals surface area contributed by atoms with Crippen LogP contribution in [0.1, 0.15) is 30.0 Å². The number of aliphatic carboxylic acids is 1.